The van der Waals surface area contributed by atoms with Gasteiger partial charge in [0.2, 0.25) is 0 Å². The third-order valence-corrected chi connectivity index (χ3v) is 6.27. The van der Waals surface area contributed by atoms with E-state index in [-0.39, 0.29) is 5.69 Å². The highest BCUT2D eigenvalue weighted by molar-refractivity contribution is 7.98. The number of pyridine rings is 1. The largest absolute Gasteiger partial charge is 0.349 e. The molecule has 0 bridgehead atoms. The molecule has 4 nitrogen and oxygen atoms in total. The Bertz CT molecular complexity index is 1000. The third kappa shape index (κ3) is 4.09. The first-order valence-corrected chi connectivity index (χ1v) is 10.5. The minimum absolute atomic E-state index is 0.179. The van der Waals surface area contributed by atoms with Crippen molar-refractivity contribution >= 4 is 23.4 Å². The maximum absolute atomic E-state index is 12.8. The zero-order valence-corrected chi connectivity index (χ0v) is 16.5. The summed E-state index contributed by atoms with van der Waals surface area (Å²) in [5, 5.41) is 1.61. The van der Waals surface area contributed by atoms with Crippen LogP contribution in [0.1, 0.15) is 35.2 Å². The molecular formula is C21H20ClN3OS. The molecular weight excluding hydrogens is 378 g/mol. The van der Waals surface area contributed by atoms with Crippen LogP contribution >= 0.6 is 23.4 Å². The van der Waals surface area contributed by atoms with Crippen molar-refractivity contribution < 1.29 is 0 Å². The van der Waals surface area contributed by atoms with Crippen molar-refractivity contribution in [3.63, 3.8) is 0 Å². The predicted octanol–water partition coefficient (Wildman–Crippen LogP) is 4.51. The smallest absolute Gasteiger partial charge is 0.291 e. The van der Waals surface area contributed by atoms with Gasteiger partial charge in [-0.2, -0.15) is 4.98 Å². The second-order valence-electron chi connectivity index (χ2n) is 6.66. The van der Waals surface area contributed by atoms with Crippen molar-refractivity contribution in [2.75, 3.05) is 0 Å². The molecule has 0 radical (unpaired) electrons. The molecule has 0 fully saturated rings. The number of aromatic nitrogens is 3. The Balaban J connectivity index is 1.66. The van der Waals surface area contributed by atoms with Gasteiger partial charge in [-0.05, 0) is 48.9 Å². The zero-order valence-electron chi connectivity index (χ0n) is 14.9. The standard InChI is InChI=1S/C21H20ClN3OS/c22-18-9-3-1-7-16(18)14-27-20-17-8-2-4-10-19(17)25(21(26)24-20)13-15-6-5-11-23-12-15/h1,3,5-7,9,11-12H,2,4,8,10,13-14H2. The number of rotatable bonds is 5. The molecule has 2 heterocycles. The molecule has 0 unspecified atom stereocenters. The lowest BCUT2D eigenvalue weighted by atomic mass is 9.97. The van der Waals surface area contributed by atoms with Crippen molar-refractivity contribution in [3.05, 3.63) is 86.7 Å². The van der Waals surface area contributed by atoms with Crippen molar-refractivity contribution in [1.29, 1.82) is 0 Å². The van der Waals surface area contributed by atoms with Crippen LogP contribution in [0.3, 0.4) is 0 Å². The maximum atomic E-state index is 12.8. The molecule has 0 aliphatic heterocycles. The number of halogens is 1. The summed E-state index contributed by atoms with van der Waals surface area (Å²) in [5.41, 5.74) is 4.26. The summed E-state index contributed by atoms with van der Waals surface area (Å²) < 4.78 is 1.82. The molecule has 2 aromatic heterocycles. The Hall–Kier alpha value is -2.11. The van der Waals surface area contributed by atoms with Crippen LogP contribution in [0.25, 0.3) is 0 Å². The second-order valence-corrected chi connectivity index (χ2v) is 8.03. The molecule has 4 rings (SSSR count). The van der Waals surface area contributed by atoms with E-state index in [1.165, 1.54) is 5.56 Å². The topological polar surface area (TPSA) is 47.8 Å². The lowest BCUT2D eigenvalue weighted by Gasteiger charge is -2.22. The highest BCUT2D eigenvalue weighted by Crippen LogP contribution is 2.32. The molecule has 0 saturated heterocycles. The number of hydrogen-bond donors (Lipinski definition) is 0. The van der Waals surface area contributed by atoms with Crippen molar-refractivity contribution in [2.45, 2.75) is 43.0 Å². The minimum atomic E-state index is -0.179. The Kier molecular flexibility index (Phi) is 5.60. The van der Waals surface area contributed by atoms with E-state index < -0.39 is 0 Å². The van der Waals surface area contributed by atoms with E-state index in [0.29, 0.717) is 12.3 Å². The molecule has 1 aromatic carbocycles. The van der Waals surface area contributed by atoms with Crippen LogP contribution < -0.4 is 5.69 Å². The van der Waals surface area contributed by atoms with E-state index in [0.717, 1.165) is 52.6 Å². The monoisotopic (exact) mass is 397 g/mol. The SMILES string of the molecule is O=c1nc(SCc2ccccc2Cl)c2c(n1Cc1cccnc1)CCCC2. The Morgan fingerprint density at radius 2 is 1.96 bits per heavy atom. The fourth-order valence-electron chi connectivity index (χ4n) is 3.47. The molecule has 0 atom stereocenters. The Labute approximate surface area is 167 Å². The van der Waals surface area contributed by atoms with Crippen LogP contribution in [0.15, 0.2) is 58.6 Å². The first kappa shape index (κ1) is 18.3. The zero-order chi connectivity index (χ0) is 18.6. The van der Waals surface area contributed by atoms with Gasteiger partial charge in [0.25, 0.3) is 0 Å². The average molecular weight is 398 g/mol. The molecule has 0 saturated carbocycles. The van der Waals surface area contributed by atoms with Gasteiger partial charge in [0.1, 0.15) is 5.03 Å². The third-order valence-electron chi connectivity index (χ3n) is 4.84. The molecule has 1 aliphatic rings. The summed E-state index contributed by atoms with van der Waals surface area (Å²) in [6.07, 6.45) is 7.70. The maximum Gasteiger partial charge on any atom is 0.349 e. The summed E-state index contributed by atoms with van der Waals surface area (Å²) in [4.78, 5) is 21.4. The summed E-state index contributed by atoms with van der Waals surface area (Å²) in [5.74, 6) is 0.713. The van der Waals surface area contributed by atoms with Crippen LogP contribution in [0.4, 0.5) is 0 Å². The van der Waals surface area contributed by atoms with Gasteiger partial charge >= 0.3 is 5.69 Å². The molecule has 0 amide bonds. The lowest BCUT2D eigenvalue weighted by Crippen LogP contribution is -2.30. The Morgan fingerprint density at radius 1 is 1.11 bits per heavy atom. The van der Waals surface area contributed by atoms with Crippen LogP contribution in [0, 0.1) is 0 Å². The molecule has 138 valence electrons. The van der Waals surface area contributed by atoms with Gasteiger partial charge in [-0.25, -0.2) is 4.79 Å². The number of nitrogens with zero attached hydrogens (tertiary/aromatic N) is 3. The van der Waals surface area contributed by atoms with E-state index in [2.05, 4.69) is 9.97 Å². The fourth-order valence-corrected chi connectivity index (χ4v) is 4.83. The minimum Gasteiger partial charge on any atom is -0.291 e. The van der Waals surface area contributed by atoms with Crippen molar-refractivity contribution in [3.8, 4) is 0 Å². The van der Waals surface area contributed by atoms with Gasteiger partial charge in [-0.3, -0.25) is 9.55 Å². The highest BCUT2D eigenvalue weighted by Gasteiger charge is 2.21. The van der Waals surface area contributed by atoms with Crippen molar-refractivity contribution in [2.24, 2.45) is 0 Å². The quantitative estimate of drug-likeness (QED) is 0.469. The number of benzene rings is 1. The molecule has 3 aromatic rings. The fraction of sp³-hybridized carbons (Fsp3) is 0.286. The number of fused-ring (bicyclic) bond motifs is 1. The molecule has 0 spiro atoms. The van der Waals surface area contributed by atoms with E-state index in [4.69, 9.17) is 11.6 Å². The Morgan fingerprint density at radius 3 is 2.78 bits per heavy atom. The second kappa shape index (κ2) is 8.28. The van der Waals surface area contributed by atoms with E-state index >= 15 is 0 Å². The van der Waals surface area contributed by atoms with Crippen LogP contribution in [0.5, 0.6) is 0 Å². The first-order valence-electron chi connectivity index (χ1n) is 9.10. The van der Waals surface area contributed by atoms with Crippen LogP contribution in [0.2, 0.25) is 5.02 Å². The normalized spacial score (nSPS) is 13.4. The van der Waals surface area contributed by atoms with Gasteiger partial charge in [0.15, 0.2) is 0 Å². The van der Waals surface area contributed by atoms with Crippen LogP contribution in [-0.2, 0) is 25.1 Å². The molecule has 1 aliphatic carbocycles. The number of hydrogen-bond acceptors (Lipinski definition) is 4. The average Bonchev–Trinajstić information content (AvgIpc) is 2.70. The highest BCUT2D eigenvalue weighted by atomic mass is 35.5. The van der Waals surface area contributed by atoms with E-state index in [1.54, 1.807) is 18.0 Å². The van der Waals surface area contributed by atoms with Gasteiger partial charge in [-0.15, -0.1) is 11.8 Å². The molecule has 6 heteroatoms. The van der Waals surface area contributed by atoms with Gasteiger partial charge < -0.3 is 0 Å². The summed E-state index contributed by atoms with van der Waals surface area (Å²) >= 11 is 7.89. The predicted molar refractivity (Wildman–Crippen MR) is 109 cm³/mol. The van der Waals surface area contributed by atoms with Gasteiger partial charge in [-0.1, -0.05) is 35.9 Å². The van der Waals surface area contributed by atoms with E-state index in [1.807, 2.05) is 47.2 Å². The van der Waals surface area contributed by atoms with Gasteiger partial charge in [0, 0.05) is 34.4 Å². The summed E-state index contributed by atoms with van der Waals surface area (Å²) in [6, 6.07) is 11.7. The summed E-state index contributed by atoms with van der Waals surface area (Å²) in [7, 11) is 0. The van der Waals surface area contributed by atoms with E-state index in [9.17, 15) is 4.79 Å². The van der Waals surface area contributed by atoms with Gasteiger partial charge in [0.05, 0.1) is 6.54 Å². The molecule has 0 N–H and O–H groups in total. The van der Waals surface area contributed by atoms with Crippen molar-refractivity contribution in [1.82, 2.24) is 14.5 Å². The number of thioether (sulfide) groups is 1. The van der Waals surface area contributed by atoms with Crippen LogP contribution in [-0.4, -0.2) is 14.5 Å². The lowest BCUT2D eigenvalue weighted by molar-refractivity contribution is 0.569. The summed E-state index contributed by atoms with van der Waals surface area (Å²) in [6.45, 7) is 0.525. The first-order chi connectivity index (χ1) is 13.2. The molecule has 27 heavy (non-hydrogen) atoms.